The highest BCUT2D eigenvalue weighted by atomic mass is 16.1. The lowest BCUT2D eigenvalue weighted by Crippen LogP contribution is -2.45. The Hall–Kier alpha value is -2.77. The smallest absolute Gasteiger partial charge is 0.252 e. The molecule has 2 aromatic heterocycles. The van der Waals surface area contributed by atoms with Crippen LogP contribution in [0.25, 0.3) is 16.9 Å². The van der Waals surface area contributed by atoms with Gasteiger partial charge in [0.05, 0.1) is 11.3 Å². The SMILES string of the molecule is CCN1C[C@H]2C[C@@H]1CN2Cc1ccc(-c2ccc(C(N)=O)c3n[c]nn23)cc1. The van der Waals surface area contributed by atoms with E-state index in [0.717, 1.165) is 30.4 Å². The van der Waals surface area contributed by atoms with Crippen molar-refractivity contribution in [3.63, 3.8) is 0 Å². The molecular weight excluding hydrogens is 352 g/mol. The molecule has 2 N–H and O–H groups in total. The zero-order valence-electron chi connectivity index (χ0n) is 15.9. The Bertz CT molecular complexity index is 1030. The van der Waals surface area contributed by atoms with Crippen LogP contribution in [0.1, 0.15) is 29.3 Å². The van der Waals surface area contributed by atoms with E-state index in [1.807, 2.05) is 6.07 Å². The molecule has 7 heteroatoms. The molecule has 7 nitrogen and oxygen atoms in total. The van der Waals surface area contributed by atoms with Gasteiger partial charge in [-0.05, 0) is 30.7 Å². The maximum atomic E-state index is 11.6. The summed E-state index contributed by atoms with van der Waals surface area (Å²) < 4.78 is 1.62. The van der Waals surface area contributed by atoms with E-state index in [1.165, 1.54) is 25.1 Å². The first kappa shape index (κ1) is 17.3. The second-order valence-electron chi connectivity index (χ2n) is 7.70. The van der Waals surface area contributed by atoms with Crippen molar-refractivity contribution < 1.29 is 4.79 Å². The molecule has 2 aliphatic rings. The van der Waals surface area contributed by atoms with Gasteiger partial charge in [-0.2, -0.15) is 0 Å². The van der Waals surface area contributed by atoms with E-state index in [2.05, 4.69) is 57.4 Å². The van der Waals surface area contributed by atoms with Gasteiger partial charge in [-0.1, -0.05) is 31.2 Å². The number of benzene rings is 1. The topological polar surface area (TPSA) is 79.8 Å². The summed E-state index contributed by atoms with van der Waals surface area (Å²) in [6.45, 7) is 6.78. The minimum absolute atomic E-state index is 0.347. The van der Waals surface area contributed by atoms with Crippen molar-refractivity contribution >= 4 is 11.6 Å². The lowest BCUT2D eigenvalue weighted by atomic mass is 10.1. The number of aromatic nitrogens is 3. The Morgan fingerprint density at radius 2 is 1.89 bits per heavy atom. The summed E-state index contributed by atoms with van der Waals surface area (Å²) in [4.78, 5) is 20.9. The van der Waals surface area contributed by atoms with Crippen molar-refractivity contribution in [2.45, 2.75) is 32.0 Å². The van der Waals surface area contributed by atoms with E-state index in [0.29, 0.717) is 17.3 Å². The van der Waals surface area contributed by atoms with Crippen LogP contribution in [-0.4, -0.2) is 62.0 Å². The summed E-state index contributed by atoms with van der Waals surface area (Å²) in [6.07, 6.45) is 3.88. The normalized spacial score (nSPS) is 22.3. The molecular formula is C21H23N6O. The van der Waals surface area contributed by atoms with Crippen LogP contribution >= 0.6 is 0 Å². The number of piperazine rings is 1. The van der Waals surface area contributed by atoms with Crippen molar-refractivity contribution in [1.29, 1.82) is 0 Å². The number of pyridine rings is 1. The van der Waals surface area contributed by atoms with E-state index < -0.39 is 5.91 Å². The number of amides is 1. The number of nitrogens with zero attached hydrogens (tertiary/aromatic N) is 5. The van der Waals surface area contributed by atoms with Gasteiger partial charge in [-0.3, -0.25) is 14.6 Å². The maximum absolute atomic E-state index is 11.6. The average Bonchev–Trinajstić information content (AvgIpc) is 3.43. The Morgan fingerprint density at radius 1 is 1.14 bits per heavy atom. The van der Waals surface area contributed by atoms with E-state index in [9.17, 15) is 4.79 Å². The van der Waals surface area contributed by atoms with Crippen LogP contribution < -0.4 is 5.73 Å². The van der Waals surface area contributed by atoms with Gasteiger partial charge in [0.2, 0.25) is 6.33 Å². The number of hydrogen-bond acceptors (Lipinski definition) is 5. The van der Waals surface area contributed by atoms with Crippen LogP contribution in [0.2, 0.25) is 0 Å². The van der Waals surface area contributed by atoms with Crippen LogP contribution in [0.4, 0.5) is 0 Å². The molecule has 0 spiro atoms. The van der Waals surface area contributed by atoms with Crippen molar-refractivity contribution in [2.75, 3.05) is 19.6 Å². The predicted molar refractivity (Wildman–Crippen MR) is 106 cm³/mol. The number of carbonyl (C=O) groups is 1. The minimum Gasteiger partial charge on any atom is -0.365 e. The highest BCUT2D eigenvalue weighted by Crippen LogP contribution is 2.31. The fourth-order valence-electron chi connectivity index (χ4n) is 4.70. The lowest BCUT2D eigenvalue weighted by molar-refractivity contribution is 0.100. The van der Waals surface area contributed by atoms with Crippen molar-refractivity contribution in [3.8, 4) is 11.3 Å². The Kier molecular flexibility index (Phi) is 4.14. The molecule has 143 valence electrons. The third kappa shape index (κ3) is 2.78. The molecule has 2 bridgehead atoms. The predicted octanol–water partition coefficient (Wildman–Crippen LogP) is 1.57. The zero-order valence-corrected chi connectivity index (χ0v) is 15.9. The molecule has 0 saturated carbocycles. The second kappa shape index (κ2) is 6.68. The summed E-state index contributed by atoms with van der Waals surface area (Å²) in [7, 11) is 0. The summed E-state index contributed by atoms with van der Waals surface area (Å²) in [5.74, 6) is -0.519. The Morgan fingerprint density at radius 3 is 2.57 bits per heavy atom. The molecule has 5 rings (SSSR count). The van der Waals surface area contributed by atoms with Crippen LogP contribution in [0.3, 0.4) is 0 Å². The highest BCUT2D eigenvalue weighted by molar-refractivity contribution is 5.99. The monoisotopic (exact) mass is 375 g/mol. The Labute approximate surface area is 163 Å². The van der Waals surface area contributed by atoms with Crippen LogP contribution in [-0.2, 0) is 6.54 Å². The second-order valence-corrected chi connectivity index (χ2v) is 7.70. The summed E-state index contributed by atoms with van der Waals surface area (Å²) in [6, 6.07) is 13.5. The van der Waals surface area contributed by atoms with E-state index in [1.54, 1.807) is 10.6 Å². The first-order chi connectivity index (χ1) is 13.6. The van der Waals surface area contributed by atoms with Crippen molar-refractivity contribution in [1.82, 2.24) is 24.4 Å². The third-order valence-electron chi connectivity index (χ3n) is 6.15. The van der Waals surface area contributed by atoms with E-state index >= 15 is 0 Å². The molecule has 1 radical (unpaired) electrons. The molecule has 0 unspecified atom stereocenters. The standard InChI is InChI=1S/C21H23N6O/c1-2-25-11-17-9-16(25)12-26(17)10-14-3-5-15(6-4-14)19-8-7-18(20(22)28)21-23-13-24-27(19)21/h3-8,16-17H,2,9-12H2,1H3,(H2,22,28)/t16-,17-/m1/s1. The van der Waals surface area contributed by atoms with E-state index in [4.69, 9.17) is 5.73 Å². The molecule has 1 amide bonds. The Balaban J connectivity index is 1.37. The van der Waals surface area contributed by atoms with Crippen molar-refractivity contribution in [3.05, 3.63) is 53.9 Å². The molecule has 28 heavy (non-hydrogen) atoms. The largest absolute Gasteiger partial charge is 0.365 e. The average molecular weight is 375 g/mol. The molecule has 2 saturated heterocycles. The minimum atomic E-state index is -0.519. The van der Waals surface area contributed by atoms with Crippen LogP contribution in [0, 0.1) is 6.33 Å². The molecule has 2 atom stereocenters. The number of nitrogens with two attached hydrogens (primary N) is 1. The number of carbonyl (C=O) groups excluding carboxylic acids is 1. The number of hydrogen-bond donors (Lipinski definition) is 1. The third-order valence-corrected chi connectivity index (χ3v) is 6.15. The van der Waals surface area contributed by atoms with Crippen LogP contribution in [0.15, 0.2) is 36.4 Å². The molecule has 2 aliphatic heterocycles. The number of primary amides is 1. The summed E-state index contributed by atoms with van der Waals surface area (Å²) >= 11 is 0. The van der Waals surface area contributed by atoms with Gasteiger partial charge >= 0.3 is 0 Å². The summed E-state index contributed by atoms with van der Waals surface area (Å²) in [5, 5.41) is 4.14. The van der Waals surface area contributed by atoms with Gasteiger partial charge in [-0.15, -0.1) is 5.10 Å². The van der Waals surface area contributed by atoms with Gasteiger partial charge in [0.1, 0.15) is 0 Å². The van der Waals surface area contributed by atoms with Crippen LogP contribution in [0.5, 0.6) is 0 Å². The highest BCUT2D eigenvalue weighted by Gasteiger charge is 2.41. The summed E-state index contributed by atoms with van der Waals surface area (Å²) in [5.41, 5.74) is 9.40. The fraction of sp³-hybridized carbons (Fsp3) is 0.381. The molecule has 0 aliphatic carbocycles. The first-order valence-electron chi connectivity index (χ1n) is 9.77. The maximum Gasteiger partial charge on any atom is 0.252 e. The number of fused-ring (bicyclic) bond motifs is 3. The quantitative estimate of drug-likeness (QED) is 0.732. The van der Waals surface area contributed by atoms with Crippen molar-refractivity contribution in [2.24, 2.45) is 5.73 Å². The lowest BCUT2D eigenvalue weighted by Gasteiger charge is -2.33. The molecule has 4 heterocycles. The van der Waals surface area contributed by atoms with Gasteiger partial charge in [0.25, 0.3) is 5.91 Å². The van der Waals surface area contributed by atoms with Gasteiger partial charge < -0.3 is 5.73 Å². The van der Waals surface area contributed by atoms with Gasteiger partial charge in [-0.25, -0.2) is 9.50 Å². The van der Waals surface area contributed by atoms with E-state index in [-0.39, 0.29) is 0 Å². The molecule has 2 fully saturated rings. The molecule has 1 aromatic carbocycles. The number of likely N-dealkylation sites (N-methyl/N-ethyl adjacent to an activating group) is 1. The van der Waals surface area contributed by atoms with Gasteiger partial charge in [0.15, 0.2) is 5.65 Å². The number of likely N-dealkylation sites (tertiary alicyclic amines) is 2. The van der Waals surface area contributed by atoms with Gasteiger partial charge in [0, 0.05) is 37.3 Å². The fourth-order valence-corrected chi connectivity index (χ4v) is 4.70. The first-order valence-corrected chi connectivity index (χ1v) is 9.77. The number of rotatable bonds is 5. The molecule has 3 aromatic rings. The zero-order chi connectivity index (χ0) is 19.3.